The third kappa shape index (κ3) is 2.86. The van der Waals surface area contributed by atoms with Crippen molar-refractivity contribution in [1.29, 1.82) is 0 Å². The van der Waals surface area contributed by atoms with E-state index in [-0.39, 0.29) is 17.2 Å². The fourth-order valence-corrected chi connectivity index (χ4v) is 2.31. The second-order valence-corrected chi connectivity index (χ2v) is 5.26. The quantitative estimate of drug-likeness (QED) is 0.653. The van der Waals surface area contributed by atoms with Crippen molar-refractivity contribution in [3.8, 4) is 0 Å². The molecule has 6 nitrogen and oxygen atoms in total. The third-order valence-electron chi connectivity index (χ3n) is 2.34. The van der Waals surface area contributed by atoms with E-state index in [0.717, 1.165) is 0 Å². The first kappa shape index (κ1) is 12.6. The molecule has 0 radical (unpaired) electrons. The highest BCUT2D eigenvalue weighted by atomic mass is 32.2. The predicted octanol–water partition coefficient (Wildman–Crippen LogP) is 1.82. The van der Waals surface area contributed by atoms with E-state index in [1.807, 2.05) is 6.92 Å². The Morgan fingerprint density at radius 3 is 3.00 bits per heavy atom. The van der Waals surface area contributed by atoms with Crippen molar-refractivity contribution in [3.63, 3.8) is 0 Å². The lowest BCUT2D eigenvalue weighted by Crippen LogP contribution is -2.27. The smallest absolute Gasteiger partial charge is 0.270 e. The number of benzene rings is 1. The van der Waals surface area contributed by atoms with E-state index in [4.69, 9.17) is 0 Å². The Bertz CT molecular complexity index is 530. The molecule has 1 aliphatic rings. The average Bonchev–Trinajstić information content (AvgIpc) is 2.75. The maximum Gasteiger partial charge on any atom is 0.270 e. The van der Waals surface area contributed by atoms with E-state index >= 15 is 0 Å². The first-order chi connectivity index (χ1) is 8.56. The Labute approximate surface area is 108 Å². The molecule has 1 aromatic rings. The largest absolute Gasteiger partial charge is 0.301 e. The molecular formula is C11H11N3O3S. The molecule has 1 heterocycles. The Morgan fingerprint density at radius 1 is 1.61 bits per heavy atom. The Hall–Kier alpha value is -1.89. The summed E-state index contributed by atoms with van der Waals surface area (Å²) in [6.45, 7) is 2.69. The number of rotatable bonds is 2. The molecule has 0 saturated carbocycles. The van der Waals surface area contributed by atoms with Gasteiger partial charge >= 0.3 is 0 Å². The molecule has 1 aromatic carbocycles. The van der Waals surface area contributed by atoms with Gasteiger partial charge in [-0.15, -0.1) is 0 Å². The van der Waals surface area contributed by atoms with Crippen molar-refractivity contribution in [3.05, 3.63) is 39.9 Å². The molecular weight excluding hydrogens is 254 g/mol. The predicted molar refractivity (Wildman–Crippen MR) is 69.9 cm³/mol. The van der Waals surface area contributed by atoms with Crippen LogP contribution < -0.4 is 5.32 Å². The van der Waals surface area contributed by atoms with Crippen molar-refractivity contribution in [2.24, 2.45) is 4.99 Å². The van der Waals surface area contributed by atoms with E-state index in [1.165, 1.54) is 36.0 Å². The normalized spacial score (nSPS) is 18.3. The van der Waals surface area contributed by atoms with E-state index < -0.39 is 4.92 Å². The van der Waals surface area contributed by atoms with Crippen LogP contribution >= 0.6 is 11.8 Å². The van der Waals surface area contributed by atoms with Gasteiger partial charge in [-0.25, -0.2) is 0 Å². The zero-order valence-corrected chi connectivity index (χ0v) is 10.4. The number of carbonyl (C=O) groups is 1. The van der Waals surface area contributed by atoms with Crippen LogP contribution in [0.3, 0.4) is 0 Å². The van der Waals surface area contributed by atoms with Crippen LogP contribution in [0.1, 0.15) is 17.3 Å². The molecule has 18 heavy (non-hydrogen) atoms. The van der Waals surface area contributed by atoms with Gasteiger partial charge in [-0.3, -0.25) is 19.9 Å². The van der Waals surface area contributed by atoms with Crippen LogP contribution in [0.25, 0.3) is 0 Å². The minimum atomic E-state index is -0.527. The minimum Gasteiger partial charge on any atom is -0.301 e. The molecule has 1 atom stereocenters. The molecule has 1 amide bonds. The fraction of sp³-hybridized carbons (Fsp3) is 0.273. The summed E-state index contributed by atoms with van der Waals surface area (Å²) in [5.41, 5.74) is 0.157. The van der Waals surface area contributed by atoms with Crippen LogP contribution in [-0.4, -0.2) is 27.8 Å². The monoisotopic (exact) mass is 265 g/mol. The van der Waals surface area contributed by atoms with Gasteiger partial charge in [0.2, 0.25) is 0 Å². The average molecular weight is 265 g/mol. The van der Waals surface area contributed by atoms with Crippen molar-refractivity contribution in [2.45, 2.75) is 12.2 Å². The topological polar surface area (TPSA) is 84.6 Å². The van der Waals surface area contributed by atoms with Gasteiger partial charge in [0.05, 0.1) is 11.5 Å². The zero-order chi connectivity index (χ0) is 13.1. The number of nitro groups is 1. The molecule has 1 aliphatic heterocycles. The maximum atomic E-state index is 11.9. The lowest BCUT2D eigenvalue weighted by Gasteiger charge is -2.04. The summed E-state index contributed by atoms with van der Waals surface area (Å²) >= 11 is 1.48. The van der Waals surface area contributed by atoms with Gasteiger partial charge in [-0.1, -0.05) is 24.8 Å². The van der Waals surface area contributed by atoms with Gasteiger partial charge in [0, 0.05) is 22.9 Å². The number of carbonyl (C=O) groups excluding carboxylic acids is 1. The Balaban J connectivity index is 2.09. The van der Waals surface area contributed by atoms with Crippen molar-refractivity contribution in [1.82, 2.24) is 5.32 Å². The van der Waals surface area contributed by atoms with E-state index in [2.05, 4.69) is 10.3 Å². The highest BCUT2D eigenvalue weighted by Crippen LogP contribution is 2.19. The summed E-state index contributed by atoms with van der Waals surface area (Å²) in [7, 11) is 0. The van der Waals surface area contributed by atoms with Crippen LogP contribution in [0, 0.1) is 10.1 Å². The summed E-state index contributed by atoms with van der Waals surface area (Å²) in [5, 5.41) is 14.2. The lowest BCUT2D eigenvalue weighted by atomic mass is 10.2. The van der Waals surface area contributed by atoms with Crippen molar-refractivity contribution >= 4 is 28.5 Å². The number of amides is 1. The van der Waals surface area contributed by atoms with Crippen LogP contribution in [0.4, 0.5) is 5.69 Å². The molecule has 2 rings (SSSR count). The van der Waals surface area contributed by atoms with Gasteiger partial charge < -0.3 is 5.32 Å². The number of thioether (sulfide) groups is 1. The molecule has 0 bridgehead atoms. The van der Waals surface area contributed by atoms with Crippen LogP contribution in [0.2, 0.25) is 0 Å². The van der Waals surface area contributed by atoms with Crippen LogP contribution in [0.15, 0.2) is 29.3 Å². The summed E-state index contributed by atoms with van der Waals surface area (Å²) < 4.78 is 0. The number of aliphatic imine (C=N–C) groups is 1. The summed E-state index contributed by atoms with van der Waals surface area (Å²) in [6.07, 6.45) is 0. The van der Waals surface area contributed by atoms with Gasteiger partial charge in [0.1, 0.15) is 0 Å². The van der Waals surface area contributed by atoms with Gasteiger partial charge in [-0.2, -0.15) is 0 Å². The standard InChI is InChI=1S/C11H11N3O3S/c1-7-6-12-11(18-7)13-10(15)8-3-2-4-9(5-8)14(16)17/h2-5,7H,6H2,1H3,(H,12,13,15)/t7-/m0/s1. The van der Waals surface area contributed by atoms with E-state index in [1.54, 1.807) is 0 Å². The second-order valence-electron chi connectivity index (χ2n) is 3.84. The Morgan fingerprint density at radius 2 is 2.39 bits per heavy atom. The molecule has 0 aromatic heterocycles. The van der Waals surface area contributed by atoms with Crippen molar-refractivity contribution < 1.29 is 9.72 Å². The summed E-state index contributed by atoms with van der Waals surface area (Å²) in [5.74, 6) is -0.376. The highest BCUT2D eigenvalue weighted by Gasteiger charge is 2.18. The summed E-state index contributed by atoms with van der Waals surface area (Å²) in [4.78, 5) is 26.1. The summed E-state index contributed by atoms with van der Waals surface area (Å²) in [6, 6.07) is 5.62. The molecule has 1 N–H and O–H groups in total. The second kappa shape index (κ2) is 5.18. The van der Waals surface area contributed by atoms with Crippen LogP contribution in [-0.2, 0) is 0 Å². The SMILES string of the molecule is C[C@H]1CN=C(NC(=O)c2cccc([N+](=O)[O-])c2)S1. The van der Waals surface area contributed by atoms with Gasteiger partial charge in [0.15, 0.2) is 5.17 Å². The molecule has 94 valence electrons. The first-order valence-corrected chi connectivity index (χ1v) is 6.21. The fourth-order valence-electron chi connectivity index (χ4n) is 1.48. The first-order valence-electron chi connectivity index (χ1n) is 5.33. The third-order valence-corrected chi connectivity index (χ3v) is 3.35. The number of nitrogens with one attached hydrogen (secondary N) is 1. The number of nitro benzene ring substituents is 1. The highest BCUT2D eigenvalue weighted by molar-refractivity contribution is 8.14. The molecule has 0 fully saturated rings. The van der Waals surface area contributed by atoms with Crippen molar-refractivity contribution in [2.75, 3.05) is 6.54 Å². The van der Waals surface area contributed by atoms with E-state index in [0.29, 0.717) is 17.0 Å². The number of nitrogens with zero attached hydrogens (tertiary/aromatic N) is 2. The zero-order valence-electron chi connectivity index (χ0n) is 9.62. The number of non-ortho nitro benzene ring substituents is 1. The molecule has 0 spiro atoms. The minimum absolute atomic E-state index is 0.1000. The lowest BCUT2D eigenvalue weighted by molar-refractivity contribution is -0.384. The molecule has 0 unspecified atom stereocenters. The molecule has 7 heteroatoms. The van der Waals surface area contributed by atoms with E-state index in [9.17, 15) is 14.9 Å². The van der Waals surface area contributed by atoms with Crippen LogP contribution in [0.5, 0.6) is 0 Å². The van der Waals surface area contributed by atoms with Gasteiger partial charge in [-0.05, 0) is 6.07 Å². The molecule has 0 aliphatic carbocycles. The number of hydrogen-bond acceptors (Lipinski definition) is 5. The number of hydrogen-bond donors (Lipinski definition) is 1. The number of amidine groups is 1. The maximum absolute atomic E-state index is 11.9. The molecule has 0 saturated heterocycles. The van der Waals surface area contributed by atoms with Gasteiger partial charge in [0.25, 0.3) is 11.6 Å². The Kier molecular flexibility index (Phi) is 3.61.